The van der Waals surface area contributed by atoms with E-state index in [1.807, 2.05) is 12.4 Å². The fourth-order valence-electron chi connectivity index (χ4n) is 1.81. The summed E-state index contributed by atoms with van der Waals surface area (Å²) in [6, 6.07) is 6.24. The van der Waals surface area contributed by atoms with E-state index in [2.05, 4.69) is 16.9 Å². The van der Waals surface area contributed by atoms with Crippen LogP contribution in [0.1, 0.15) is 31.7 Å². The number of aromatic nitrogens is 2. The molecule has 0 spiro atoms. The molecule has 0 amide bonds. The van der Waals surface area contributed by atoms with Crippen molar-refractivity contribution in [1.29, 1.82) is 0 Å². The van der Waals surface area contributed by atoms with Crippen LogP contribution in [0, 0.1) is 5.82 Å². The molecule has 0 bridgehead atoms. The maximum atomic E-state index is 12.8. The van der Waals surface area contributed by atoms with Gasteiger partial charge in [-0.3, -0.25) is 0 Å². The van der Waals surface area contributed by atoms with Crippen molar-refractivity contribution in [3.63, 3.8) is 0 Å². The fraction of sp³-hybridized carbons (Fsp3) is 0.333. The van der Waals surface area contributed by atoms with Crippen LogP contribution >= 0.6 is 0 Å². The maximum absolute atomic E-state index is 12.8. The number of benzene rings is 1. The third-order valence-corrected chi connectivity index (χ3v) is 2.88. The summed E-state index contributed by atoms with van der Waals surface area (Å²) < 4.78 is 12.8. The van der Waals surface area contributed by atoms with Crippen LogP contribution in [0.3, 0.4) is 0 Å². The summed E-state index contributed by atoms with van der Waals surface area (Å²) in [5, 5.41) is 0. The molecule has 0 saturated heterocycles. The molecule has 0 radical (unpaired) electrons. The summed E-state index contributed by atoms with van der Waals surface area (Å²) in [5.41, 5.74) is 2.01. The number of halogens is 1. The van der Waals surface area contributed by atoms with Crippen LogP contribution < -0.4 is 0 Å². The van der Waals surface area contributed by atoms with Crippen LogP contribution in [0.4, 0.5) is 4.39 Å². The van der Waals surface area contributed by atoms with E-state index < -0.39 is 0 Å². The molecule has 0 atom stereocenters. The summed E-state index contributed by atoms with van der Waals surface area (Å²) in [7, 11) is 0. The highest BCUT2D eigenvalue weighted by Gasteiger charge is 2.01. The van der Waals surface area contributed by atoms with Gasteiger partial charge in [0.2, 0.25) is 0 Å². The molecule has 0 N–H and O–H groups in total. The van der Waals surface area contributed by atoms with E-state index in [0.29, 0.717) is 5.82 Å². The van der Waals surface area contributed by atoms with Crippen molar-refractivity contribution in [2.45, 2.75) is 32.6 Å². The van der Waals surface area contributed by atoms with Gasteiger partial charge in [-0.15, -0.1) is 0 Å². The smallest absolute Gasteiger partial charge is 0.159 e. The van der Waals surface area contributed by atoms with E-state index in [4.69, 9.17) is 0 Å². The van der Waals surface area contributed by atoms with E-state index >= 15 is 0 Å². The number of aryl methyl sites for hydroxylation is 1. The summed E-state index contributed by atoms with van der Waals surface area (Å²) in [5.74, 6) is 0.407. The second-order valence-electron chi connectivity index (χ2n) is 4.38. The molecule has 1 heterocycles. The Hall–Kier alpha value is -1.77. The molecule has 1 aromatic heterocycles. The van der Waals surface area contributed by atoms with Gasteiger partial charge in [-0.25, -0.2) is 14.4 Å². The Labute approximate surface area is 107 Å². The molecule has 2 nitrogen and oxygen atoms in total. The van der Waals surface area contributed by atoms with Gasteiger partial charge < -0.3 is 0 Å². The van der Waals surface area contributed by atoms with Crippen LogP contribution in [0.15, 0.2) is 36.7 Å². The third-order valence-electron chi connectivity index (χ3n) is 2.88. The maximum Gasteiger partial charge on any atom is 0.159 e. The molecule has 3 heteroatoms. The van der Waals surface area contributed by atoms with E-state index in [-0.39, 0.29) is 5.82 Å². The zero-order chi connectivity index (χ0) is 12.8. The molecule has 2 rings (SSSR count). The Bertz CT molecular complexity index is 477. The van der Waals surface area contributed by atoms with Gasteiger partial charge in [0.05, 0.1) is 0 Å². The number of hydrogen-bond acceptors (Lipinski definition) is 2. The minimum absolute atomic E-state index is 0.241. The number of rotatable bonds is 5. The summed E-state index contributed by atoms with van der Waals surface area (Å²) in [6.07, 6.45) is 8.38. The lowest BCUT2D eigenvalue weighted by Crippen LogP contribution is -1.93. The minimum atomic E-state index is -0.241. The molecule has 0 saturated carbocycles. The van der Waals surface area contributed by atoms with Crippen LogP contribution in [0.2, 0.25) is 0 Å². The van der Waals surface area contributed by atoms with Crippen molar-refractivity contribution in [3.05, 3.63) is 48.0 Å². The first-order chi connectivity index (χ1) is 8.79. The zero-order valence-corrected chi connectivity index (χ0v) is 10.6. The van der Waals surface area contributed by atoms with Gasteiger partial charge in [0.1, 0.15) is 5.82 Å². The molecular weight excluding hydrogens is 227 g/mol. The van der Waals surface area contributed by atoms with Crippen LogP contribution in [-0.4, -0.2) is 9.97 Å². The first kappa shape index (κ1) is 12.7. The van der Waals surface area contributed by atoms with Crippen molar-refractivity contribution in [3.8, 4) is 11.4 Å². The van der Waals surface area contributed by atoms with Crippen molar-refractivity contribution >= 4 is 0 Å². The Balaban J connectivity index is 2.05. The third kappa shape index (κ3) is 3.36. The lowest BCUT2D eigenvalue weighted by Gasteiger charge is -2.02. The quantitative estimate of drug-likeness (QED) is 0.742. The van der Waals surface area contributed by atoms with Gasteiger partial charge >= 0.3 is 0 Å². The van der Waals surface area contributed by atoms with Crippen LogP contribution in [0.25, 0.3) is 11.4 Å². The average Bonchev–Trinajstić information content (AvgIpc) is 2.41. The van der Waals surface area contributed by atoms with Crippen molar-refractivity contribution in [2.75, 3.05) is 0 Å². The van der Waals surface area contributed by atoms with Gasteiger partial charge in [-0.2, -0.15) is 0 Å². The standard InChI is InChI=1S/C15H17FN2/c1-2-3-4-5-12-10-17-15(18-11-12)13-6-8-14(16)9-7-13/h6-11H,2-5H2,1H3. The highest BCUT2D eigenvalue weighted by Crippen LogP contribution is 2.15. The SMILES string of the molecule is CCCCCc1cnc(-c2ccc(F)cc2)nc1. The topological polar surface area (TPSA) is 25.8 Å². The van der Waals surface area contributed by atoms with E-state index in [9.17, 15) is 4.39 Å². The Morgan fingerprint density at radius 3 is 2.28 bits per heavy atom. The van der Waals surface area contributed by atoms with Crippen LogP contribution in [0.5, 0.6) is 0 Å². The van der Waals surface area contributed by atoms with Gasteiger partial charge in [-0.1, -0.05) is 19.8 Å². The second kappa shape index (κ2) is 6.24. The van der Waals surface area contributed by atoms with Crippen LogP contribution in [-0.2, 0) is 6.42 Å². The van der Waals surface area contributed by atoms with Gasteiger partial charge in [0, 0.05) is 18.0 Å². The molecule has 0 fully saturated rings. The molecule has 2 aromatic rings. The largest absolute Gasteiger partial charge is 0.236 e. The Morgan fingerprint density at radius 2 is 1.67 bits per heavy atom. The Morgan fingerprint density at radius 1 is 1.00 bits per heavy atom. The molecule has 0 aliphatic heterocycles. The van der Waals surface area contributed by atoms with Gasteiger partial charge in [-0.05, 0) is 42.7 Å². The highest BCUT2D eigenvalue weighted by molar-refractivity contribution is 5.54. The van der Waals surface area contributed by atoms with Crippen molar-refractivity contribution in [2.24, 2.45) is 0 Å². The summed E-state index contributed by atoms with van der Waals surface area (Å²) in [6.45, 7) is 2.19. The predicted octanol–water partition coefficient (Wildman–Crippen LogP) is 4.02. The first-order valence-corrected chi connectivity index (χ1v) is 6.36. The number of unbranched alkanes of at least 4 members (excludes halogenated alkanes) is 2. The van der Waals surface area contributed by atoms with Crippen molar-refractivity contribution in [1.82, 2.24) is 9.97 Å². The van der Waals surface area contributed by atoms with Gasteiger partial charge in [0.15, 0.2) is 5.82 Å². The lowest BCUT2D eigenvalue weighted by molar-refractivity contribution is 0.628. The van der Waals surface area contributed by atoms with Crippen molar-refractivity contribution < 1.29 is 4.39 Å². The highest BCUT2D eigenvalue weighted by atomic mass is 19.1. The first-order valence-electron chi connectivity index (χ1n) is 6.36. The molecule has 94 valence electrons. The molecular formula is C15H17FN2. The lowest BCUT2D eigenvalue weighted by atomic mass is 10.1. The number of nitrogens with zero attached hydrogens (tertiary/aromatic N) is 2. The predicted molar refractivity (Wildman–Crippen MR) is 70.7 cm³/mol. The molecule has 1 aromatic carbocycles. The summed E-state index contributed by atoms with van der Waals surface area (Å²) in [4.78, 5) is 8.65. The van der Waals surface area contributed by atoms with Gasteiger partial charge in [0.25, 0.3) is 0 Å². The Kier molecular flexibility index (Phi) is 4.40. The fourth-order valence-corrected chi connectivity index (χ4v) is 1.81. The monoisotopic (exact) mass is 244 g/mol. The van der Waals surface area contributed by atoms with E-state index in [0.717, 1.165) is 17.5 Å². The molecule has 0 aliphatic carbocycles. The normalized spacial score (nSPS) is 10.6. The second-order valence-corrected chi connectivity index (χ2v) is 4.38. The number of hydrogen-bond donors (Lipinski definition) is 0. The summed E-state index contributed by atoms with van der Waals surface area (Å²) >= 11 is 0. The zero-order valence-electron chi connectivity index (χ0n) is 10.6. The van der Waals surface area contributed by atoms with E-state index in [1.165, 1.54) is 31.4 Å². The molecule has 18 heavy (non-hydrogen) atoms. The van der Waals surface area contributed by atoms with E-state index in [1.54, 1.807) is 12.1 Å². The minimum Gasteiger partial charge on any atom is -0.236 e. The molecule has 0 aliphatic rings. The average molecular weight is 244 g/mol. The molecule has 0 unspecified atom stereocenters.